The van der Waals surface area contributed by atoms with Crippen LogP contribution < -0.4 is 5.32 Å². The Labute approximate surface area is 118 Å². The topological polar surface area (TPSA) is 64.6 Å². The van der Waals surface area contributed by atoms with E-state index < -0.39 is 5.97 Å². The summed E-state index contributed by atoms with van der Waals surface area (Å²) in [6, 6.07) is 5.26. The van der Waals surface area contributed by atoms with Crippen LogP contribution in [0.2, 0.25) is 0 Å². The van der Waals surface area contributed by atoms with Gasteiger partial charge in [0, 0.05) is 6.61 Å². The maximum absolute atomic E-state index is 12.0. The molecule has 0 radical (unpaired) electrons. The number of carbonyl (C=O) groups excluding carboxylic acids is 2. The first-order chi connectivity index (χ1) is 9.60. The van der Waals surface area contributed by atoms with E-state index in [4.69, 9.17) is 9.47 Å². The summed E-state index contributed by atoms with van der Waals surface area (Å²) in [5.74, 6) is -0.605. The van der Waals surface area contributed by atoms with Crippen LogP contribution in [0.5, 0.6) is 0 Å². The summed E-state index contributed by atoms with van der Waals surface area (Å²) >= 11 is 0. The summed E-state index contributed by atoms with van der Waals surface area (Å²) < 4.78 is 10.2. The maximum Gasteiger partial charge on any atom is 0.339 e. The van der Waals surface area contributed by atoms with Gasteiger partial charge >= 0.3 is 5.97 Å². The molecule has 5 nitrogen and oxygen atoms in total. The van der Waals surface area contributed by atoms with E-state index in [1.165, 1.54) is 7.11 Å². The Morgan fingerprint density at radius 1 is 1.45 bits per heavy atom. The van der Waals surface area contributed by atoms with Gasteiger partial charge in [-0.3, -0.25) is 4.79 Å². The molecule has 1 unspecified atom stereocenters. The van der Waals surface area contributed by atoms with Crippen molar-refractivity contribution >= 4 is 17.6 Å². The van der Waals surface area contributed by atoms with Gasteiger partial charge in [-0.1, -0.05) is 11.6 Å². The van der Waals surface area contributed by atoms with Gasteiger partial charge < -0.3 is 14.8 Å². The number of carbonyl (C=O) groups is 2. The van der Waals surface area contributed by atoms with Gasteiger partial charge in [-0.05, 0) is 31.9 Å². The number of ether oxygens (including phenoxy) is 2. The first-order valence-corrected chi connectivity index (χ1v) is 6.70. The third-order valence-corrected chi connectivity index (χ3v) is 3.29. The third-order valence-electron chi connectivity index (χ3n) is 3.29. The number of esters is 1. The molecule has 1 atom stereocenters. The highest BCUT2D eigenvalue weighted by molar-refractivity contribution is 6.01. The molecule has 1 heterocycles. The summed E-state index contributed by atoms with van der Waals surface area (Å²) in [5.41, 5.74) is 1.78. The SMILES string of the molecule is COC(=O)c1cc(C)ccc1NC(=O)CC1CCCO1. The normalized spacial score (nSPS) is 17.8. The van der Waals surface area contributed by atoms with Gasteiger partial charge in [0.15, 0.2) is 0 Å². The lowest BCUT2D eigenvalue weighted by atomic mass is 10.1. The maximum atomic E-state index is 12.0. The molecular formula is C15H19NO4. The molecular weight excluding hydrogens is 258 g/mol. The van der Waals surface area contributed by atoms with Crippen molar-refractivity contribution in [3.8, 4) is 0 Å². The first kappa shape index (κ1) is 14.5. The van der Waals surface area contributed by atoms with E-state index in [9.17, 15) is 9.59 Å². The van der Waals surface area contributed by atoms with Gasteiger partial charge in [0.1, 0.15) is 0 Å². The van der Waals surface area contributed by atoms with E-state index in [2.05, 4.69) is 5.32 Å². The van der Waals surface area contributed by atoms with Crippen LogP contribution in [-0.4, -0.2) is 31.7 Å². The number of nitrogens with one attached hydrogen (secondary N) is 1. The fourth-order valence-corrected chi connectivity index (χ4v) is 2.26. The van der Waals surface area contributed by atoms with E-state index in [1.807, 2.05) is 13.0 Å². The van der Waals surface area contributed by atoms with Crippen LogP contribution in [0.1, 0.15) is 35.2 Å². The molecule has 1 aliphatic heterocycles. The number of benzene rings is 1. The van der Waals surface area contributed by atoms with Crippen molar-refractivity contribution in [2.45, 2.75) is 32.3 Å². The lowest BCUT2D eigenvalue weighted by Crippen LogP contribution is -2.20. The summed E-state index contributed by atoms with van der Waals surface area (Å²) in [7, 11) is 1.32. The van der Waals surface area contributed by atoms with Gasteiger partial charge in [0.05, 0.1) is 30.9 Å². The molecule has 0 spiro atoms. The predicted octanol–water partition coefficient (Wildman–Crippen LogP) is 2.29. The molecule has 1 amide bonds. The number of hydrogen-bond donors (Lipinski definition) is 1. The smallest absolute Gasteiger partial charge is 0.339 e. The van der Waals surface area contributed by atoms with Gasteiger partial charge in [-0.2, -0.15) is 0 Å². The van der Waals surface area contributed by atoms with Crippen LogP contribution in [0, 0.1) is 6.92 Å². The Morgan fingerprint density at radius 2 is 2.25 bits per heavy atom. The zero-order chi connectivity index (χ0) is 14.5. The molecule has 0 aliphatic carbocycles. The minimum Gasteiger partial charge on any atom is -0.465 e. The highest BCUT2D eigenvalue weighted by Gasteiger charge is 2.20. The number of anilines is 1. The van der Waals surface area contributed by atoms with Crippen molar-refractivity contribution in [1.29, 1.82) is 0 Å². The average Bonchev–Trinajstić information content (AvgIpc) is 2.92. The number of amides is 1. The molecule has 0 bridgehead atoms. The van der Waals surface area contributed by atoms with Crippen LogP contribution in [0.3, 0.4) is 0 Å². The molecule has 0 aromatic heterocycles. The fraction of sp³-hybridized carbons (Fsp3) is 0.467. The highest BCUT2D eigenvalue weighted by atomic mass is 16.5. The summed E-state index contributed by atoms with van der Waals surface area (Å²) in [5, 5.41) is 2.76. The minimum absolute atomic E-state index is 0.0120. The van der Waals surface area contributed by atoms with Crippen molar-refractivity contribution in [1.82, 2.24) is 0 Å². The molecule has 0 saturated carbocycles. The molecule has 1 aliphatic rings. The second-order valence-corrected chi connectivity index (χ2v) is 4.93. The second kappa shape index (κ2) is 6.52. The largest absolute Gasteiger partial charge is 0.465 e. The van der Waals surface area contributed by atoms with E-state index in [-0.39, 0.29) is 12.0 Å². The zero-order valence-corrected chi connectivity index (χ0v) is 11.8. The Bertz CT molecular complexity index is 507. The molecule has 5 heteroatoms. The summed E-state index contributed by atoms with van der Waals surface area (Å²) in [6.07, 6.45) is 2.21. The van der Waals surface area contributed by atoms with Crippen LogP contribution in [0.15, 0.2) is 18.2 Å². The molecule has 1 fully saturated rings. The lowest BCUT2D eigenvalue weighted by Gasteiger charge is -2.12. The molecule has 1 saturated heterocycles. The van der Waals surface area contributed by atoms with E-state index in [0.717, 1.165) is 25.0 Å². The van der Waals surface area contributed by atoms with E-state index in [1.54, 1.807) is 12.1 Å². The van der Waals surface area contributed by atoms with Crippen LogP contribution in [-0.2, 0) is 14.3 Å². The van der Waals surface area contributed by atoms with Crippen LogP contribution >= 0.6 is 0 Å². The van der Waals surface area contributed by atoms with Gasteiger partial charge in [-0.15, -0.1) is 0 Å². The Kier molecular flexibility index (Phi) is 4.74. The van der Waals surface area contributed by atoms with Gasteiger partial charge in [0.25, 0.3) is 0 Å². The highest BCUT2D eigenvalue weighted by Crippen LogP contribution is 2.20. The Morgan fingerprint density at radius 3 is 2.90 bits per heavy atom. The molecule has 2 rings (SSSR count). The summed E-state index contributed by atoms with van der Waals surface area (Å²) in [4.78, 5) is 23.7. The quantitative estimate of drug-likeness (QED) is 0.858. The van der Waals surface area contributed by atoms with Gasteiger partial charge in [-0.25, -0.2) is 4.79 Å². The van der Waals surface area contributed by atoms with Gasteiger partial charge in [0.2, 0.25) is 5.91 Å². The molecule has 1 aromatic carbocycles. The summed E-state index contributed by atoms with van der Waals surface area (Å²) in [6.45, 7) is 2.60. The Hall–Kier alpha value is -1.88. The predicted molar refractivity (Wildman–Crippen MR) is 74.7 cm³/mol. The third kappa shape index (κ3) is 3.57. The number of aryl methyl sites for hydroxylation is 1. The van der Waals surface area contributed by atoms with Crippen molar-refractivity contribution < 1.29 is 19.1 Å². The number of hydrogen-bond acceptors (Lipinski definition) is 4. The van der Waals surface area contributed by atoms with Crippen molar-refractivity contribution in [2.75, 3.05) is 19.0 Å². The first-order valence-electron chi connectivity index (χ1n) is 6.70. The molecule has 20 heavy (non-hydrogen) atoms. The van der Waals surface area contributed by atoms with Crippen molar-refractivity contribution in [3.63, 3.8) is 0 Å². The average molecular weight is 277 g/mol. The van der Waals surface area contributed by atoms with Crippen molar-refractivity contribution in [2.24, 2.45) is 0 Å². The van der Waals surface area contributed by atoms with Crippen LogP contribution in [0.4, 0.5) is 5.69 Å². The fourth-order valence-electron chi connectivity index (χ4n) is 2.26. The monoisotopic (exact) mass is 277 g/mol. The molecule has 1 aromatic rings. The van der Waals surface area contributed by atoms with Crippen LogP contribution in [0.25, 0.3) is 0 Å². The minimum atomic E-state index is -0.457. The zero-order valence-electron chi connectivity index (χ0n) is 11.8. The van der Waals surface area contributed by atoms with Crippen molar-refractivity contribution in [3.05, 3.63) is 29.3 Å². The number of rotatable bonds is 4. The van der Waals surface area contributed by atoms with E-state index >= 15 is 0 Å². The van der Waals surface area contributed by atoms with E-state index in [0.29, 0.717) is 17.7 Å². The Balaban J connectivity index is 2.07. The molecule has 108 valence electrons. The molecule has 1 N–H and O–H groups in total. The lowest BCUT2D eigenvalue weighted by molar-refractivity contribution is -0.118. The second-order valence-electron chi connectivity index (χ2n) is 4.93. The number of methoxy groups -OCH3 is 1. The standard InChI is InChI=1S/C15H19NO4/c1-10-5-6-13(12(8-10)15(18)19-2)16-14(17)9-11-4-3-7-20-11/h5-6,8,11H,3-4,7,9H2,1-2H3,(H,16,17).